The molecule has 0 radical (unpaired) electrons. The van der Waals surface area contributed by atoms with Gasteiger partial charge in [0.1, 0.15) is 5.69 Å². The van der Waals surface area contributed by atoms with Crippen molar-refractivity contribution in [2.24, 2.45) is 11.8 Å². The molecular formula is C20H28N6O. The molecule has 7 nitrogen and oxygen atoms in total. The number of amides is 1. The molecule has 27 heavy (non-hydrogen) atoms. The highest BCUT2D eigenvalue weighted by molar-refractivity contribution is 5.92. The molecule has 2 aromatic rings. The molecule has 2 fully saturated rings. The average Bonchev–Trinajstić information content (AvgIpc) is 3.39. The summed E-state index contributed by atoms with van der Waals surface area (Å²) in [5.74, 6) is 2.26. The molecule has 4 heterocycles. The van der Waals surface area contributed by atoms with Gasteiger partial charge in [-0.15, -0.1) is 0 Å². The van der Waals surface area contributed by atoms with Crippen LogP contribution in [-0.2, 0) is 6.54 Å². The number of aryl methyl sites for hydroxylation is 1. The van der Waals surface area contributed by atoms with Crippen molar-refractivity contribution in [3.05, 3.63) is 36.4 Å². The second-order valence-corrected chi connectivity index (χ2v) is 7.61. The fourth-order valence-corrected chi connectivity index (χ4v) is 4.45. The standard InChI is InChI=1S/C20H28N6O/c1-2-11-26-18(4-10-23-26)19(27)25-14-7-17(15-25)16-5-12-24(13-6-16)20-21-8-3-9-22-20/h3-4,8-10,16-17H,2,5-7,11-15H2,1H3/t17-/m0/s1. The Morgan fingerprint density at radius 1 is 1.07 bits per heavy atom. The molecule has 0 bridgehead atoms. The predicted molar refractivity (Wildman–Crippen MR) is 103 cm³/mol. The molecule has 0 saturated carbocycles. The summed E-state index contributed by atoms with van der Waals surface area (Å²) in [7, 11) is 0. The fraction of sp³-hybridized carbons (Fsp3) is 0.600. The number of carbonyl (C=O) groups is 1. The number of hydrogen-bond donors (Lipinski definition) is 0. The Balaban J connectivity index is 1.32. The summed E-state index contributed by atoms with van der Waals surface area (Å²) in [6, 6.07) is 3.70. The highest BCUT2D eigenvalue weighted by Gasteiger charge is 2.35. The largest absolute Gasteiger partial charge is 0.341 e. The molecule has 0 aliphatic carbocycles. The van der Waals surface area contributed by atoms with Crippen molar-refractivity contribution < 1.29 is 4.79 Å². The summed E-state index contributed by atoms with van der Waals surface area (Å²) in [4.78, 5) is 25.9. The molecule has 0 N–H and O–H groups in total. The van der Waals surface area contributed by atoms with Crippen molar-refractivity contribution in [2.45, 2.75) is 39.2 Å². The molecule has 2 aliphatic heterocycles. The van der Waals surface area contributed by atoms with Gasteiger partial charge < -0.3 is 9.80 Å². The van der Waals surface area contributed by atoms with Crippen molar-refractivity contribution in [2.75, 3.05) is 31.1 Å². The van der Waals surface area contributed by atoms with E-state index in [1.165, 1.54) is 0 Å². The molecule has 144 valence electrons. The Labute approximate surface area is 160 Å². The SMILES string of the molecule is CCCn1nccc1C(=O)N1CC[C@H](C2CCN(c3ncccn3)CC2)C1. The molecule has 7 heteroatoms. The van der Waals surface area contributed by atoms with Crippen molar-refractivity contribution >= 4 is 11.9 Å². The molecule has 0 unspecified atom stereocenters. The van der Waals surface area contributed by atoms with E-state index in [0.717, 1.165) is 70.0 Å². The molecule has 2 aliphatic rings. The quantitative estimate of drug-likeness (QED) is 0.811. The highest BCUT2D eigenvalue weighted by Crippen LogP contribution is 2.33. The van der Waals surface area contributed by atoms with E-state index in [1.807, 2.05) is 21.7 Å². The van der Waals surface area contributed by atoms with Crippen LogP contribution in [0.5, 0.6) is 0 Å². The molecule has 0 aromatic carbocycles. The van der Waals surface area contributed by atoms with Crippen LogP contribution in [0.1, 0.15) is 43.1 Å². The van der Waals surface area contributed by atoms with Gasteiger partial charge in [-0.1, -0.05) is 6.92 Å². The lowest BCUT2D eigenvalue weighted by molar-refractivity contribution is 0.0768. The van der Waals surface area contributed by atoms with Gasteiger partial charge in [-0.25, -0.2) is 9.97 Å². The van der Waals surface area contributed by atoms with E-state index in [2.05, 4.69) is 26.9 Å². The van der Waals surface area contributed by atoms with Gasteiger partial charge in [-0.05, 0) is 49.7 Å². The highest BCUT2D eigenvalue weighted by atomic mass is 16.2. The second kappa shape index (κ2) is 8.06. The Kier molecular flexibility index (Phi) is 5.36. The van der Waals surface area contributed by atoms with Crippen LogP contribution in [0.3, 0.4) is 0 Å². The van der Waals surface area contributed by atoms with E-state index in [1.54, 1.807) is 18.6 Å². The smallest absolute Gasteiger partial charge is 0.272 e. The molecule has 2 aromatic heterocycles. The summed E-state index contributed by atoms with van der Waals surface area (Å²) in [6.45, 7) is 6.65. The first kappa shape index (κ1) is 17.9. The Bertz CT molecular complexity index is 753. The van der Waals surface area contributed by atoms with Crippen molar-refractivity contribution in [1.29, 1.82) is 0 Å². The maximum atomic E-state index is 12.9. The van der Waals surface area contributed by atoms with Gasteiger partial charge in [-0.2, -0.15) is 5.10 Å². The van der Waals surface area contributed by atoms with Gasteiger partial charge in [0.2, 0.25) is 5.95 Å². The van der Waals surface area contributed by atoms with Gasteiger partial charge in [0.05, 0.1) is 0 Å². The summed E-state index contributed by atoms with van der Waals surface area (Å²) in [6.07, 6.45) is 9.74. The van der Waals surface area contributed by atoms with Crippen molar-refractivity contribution in [3.8, 4) is 0 Å². The van der Waals surface area contributed by atoms with E-state index in [9.17, 15) is 4.79 Å². The topological polar surface area (TPSA) is 67.2 Å². The van der Waals surface area contributed by atoms with E-state index < -0.39 is 0 Å². The maximum absolute atomic E-state index is 12.9. The first-order chi connectivity index (χ1) is 13.3. The van der Waals surface area contributed by atoms with E-state index in [4.69, 9.17) is 0 Å². The number of anilines is 1. The second-order valence-electron chi connectivity index (χ2n) is 7.61. The summed E-state index contributed by atoms with van der Waals surface area (Å²) in [5, 5.41) is 4.30. The number of hydrogen-bond acceptors (Lipinski definition) is 5. The lowest BCUT2D eigenvalue weighted by atomic mass is 9.84. The van der Waals surface area contributed by atoms with Crippen LogP contribution in [0.15, 0.2) is 30.7 Å². The van der Waals surface area contributed by atoms with Gasteiger partial charge in [0.25, 0.3) is 5.91 Å². The summed E-state index contributed by atoms with van der Waals surface area (Å²) < 4.78 is 1.84. The van der Waals surface area contributed by atoms with Crippen LogP contribution in [0.4, 0.5) is 5.95 Å². The molecular weight excluding hydrogens is 340 g/mol. The van der Waals surface area contributed by atoms with E-state index in [-0.39, 0.29) is 5.91 Å². The van der Waals surface area contributed by atoms with Crippen molar-refractivity contribution in [3.63, 3.8) is 0 Å². The maximum Gasteiger partial charge on any atom is 0.272 e. The van der Waals surface area contributed by atoms with E-state index in [0.29, 0.717) is 11.8 Å². The first-order valence-electron chi connectivity index (χ1n) is 10.1. The zero-order valence-electron chi connectivity index (χ0n) is 16.0. The van der Waals surface area contributed by atoms with Crippen LogP contribution >= 0.6 is 0 Å². The summed E-state index contributed by atoms with van der Waals surface area (Å²) >= 11 is 0. The Morgan fingerprint density at radius 2 is 1.81 bits per heavy atom. The lowest BCUT2D eigenvalue weighted by Crippen LogP contribution is -2.38. The van der Waals surface area contributed by atoms with Gasteiger partial charge in [0, 0.05) is 51.3 Å². The third-order valence-electron chi connectivity index (χ3n) is 5.92. The minimum Gasteiger partial charge on any atom is -0.341 e. The lowest BCUT2D eigenvalue weighted by Gasteiger charge is -2.34. The van der Waals surface area contributed by atoms with Crippen LogP contribution in [0.25, 0.3) is 0 Å². The zero-order valence-corrected chi connectivity index (χ0v) is 16.0. The van der Waals surface area contributed by atoms with Gasteiger partial charge in [0.15, 0.2) is 0 Å². The van der Waals surface area contributed by atoms with Crippen LogP contribution in [0.2, 0.25) is 0 Å². The minimum absolute atomic E-state index is 0.138. The van der Waals surface area contributed by atoms with Gasteiger partial charge in [-0.3, -0.25) is 9.48 Å². The Hall–Kier alpha value is -2.44. The number of nitrogens with zero attached hydrogens (tertiary/aromatic N) is 6. The number of aromatic nitrogens is 4. The fourth-order valence-electron chi connectivity index (χ4n) is 4.45. The zero-order chi connectivity index (χ0) is 18.6. The molecule has 2 saturated heterocycles. The van der Waals surface area contributed by atoms with E-state index >= 15 is 0 Å². The van der Waals surface area contributed by atoms with Crippen LogP contribution in [-0.4, -0.2) is 56.7 Å². The summed E-state index contributed by atoms with van der Waals surface area (Å²) in [5.41, 5.74) is 0.730. The molecule has 1 atom stereocenters. The number of rotatable bonds is 5. The first-order valence-corrected chi connectivity index (χ1v) is 10.1. The van der Waals surface area contributed by atoms with Crippen LogP contribution < -0.4 is 4.90 Å². The minimum atomic E-state index is 0.138. The number of piperidine rings is 1. The van der Waals surface area contributed by atoms with Crippen molar-refractivity contribution in [1.82, 2.24) is 24.6 Å². The predicted octanol–water partition coefficient (Wildman–Crippen LogP) is 2.46. The average molecular weight is 368 g/mol. The number of carbonyl (C=O) groups excluding carboxylic acids is 1. The third-order valence-corrected chi connectivity index (χ3v) is 5.92. The van der Waals surface area contributed by atoms with Gasteiger partial charge >= 0.3 is 0 Å². The molecule has 0 spiro atoms. The molecule has 4 rings (SSSR count). The Morgan fingerprint density at radius 3 is 2.56 bits per heavy atom. The van der Waals surface area contributed by atoms with Crippen LogP contribution in [0, 0.1) is 11.8 Å². The number of likely N-dealkylation sites (tertiary alicyclic amines) is 1. The monoisotopic (exact) mass is 368 g/mol. The normalized spacial score (nSPS) is 21.0. The third kappa shape index (κ3) is 3.82. The molecule has 1 amide bonds.